The molecule has 3 heteroatoms. The lowest BCUT2D eigenvalue weighted by molar-refractivity contribution is 0.0152. The Morgan fingerprint density at radius 3 is 2.89 bits per heavy atom. The molecule has 0 N–H and O–H groups in total. The summed E-state index contributed by atoms with van der Waals surface area (Å²) in [5, 5.41) is 0. The second-order valence-electron chi connectivity index (χ2n) is 6.00. The highest BCUT2D eigenvalue weighted by Crippen LogP contribution is 2.33. The van der Waals surface area contributed by atoms with Gasteiger partial charge in [0.1, 0.15) is 0 Å². The highest BCUT2D eigenvalue weighted by molar-refractivity contribution is 5.98. The Balaban J connectivity index is 1.83. The largest absolute Gasteiger partial charge is 0.381 e. The third kappa shape index (κ3) is 2.12. The SMILES string of the molecule is CC1(Cn2ccc3c2CCCC3=O)CCOCC1. The van der Waals surface area contributed by atoms with E-state index in [0.717, 1.165) is 57.4 Å². The van der Waals surface area contributed by atoms with E-state index in [1.54, 1.807) is 0 Å². The van der Waals surface area contributed by atoms with E-state index < -0.39 is 0 Å². The summed E-state index contributed by atoms with van der Waals surface area (Å²) in [6.45, 7) is 5.11. The molecule has 1 saturated heterocycles. The number of carbonyl (C=O) groups excluding carboxylic acids is 1. The van der Waals surface area contributed by atoms with Crippen molar-refractivity contribution >= 4 is 5.78 Å². The van der Waals surface area contributed by atoms with Gasteiger partial charge in [0.2, 0.25) is 0 Å². The molecule has 1 aliphatic carbocycles. The third-order valence-electron chi connectivity index (χ3n) is 4.45. The van der Waals surface area contributed by atoms with Crippen molar-refractivity contribution in [3.8, 4) is 0 Å². The van der Waals surface area contributed by atoms with Crippen LogP contribution in [0, 0.1) is 5.41 Å². The maximum atomic E-state index is 11.8. The number of fused-ring (bicyclic) bond motifs is 1. The van der Waals surface area contributed by atoms with E-state index in [4.69, 9.17) is 4.74 Å². The standard InChI is InChI=1S/C15H21NO2/c1-15(6-9-18-10-7-15)11-16-8-5-12-13(16)3-2-4-14(12)17/h5,8H,2-4,6-7,9-11H2,1H3. The number of hydrogen-bond acceptors (Lipinski definition) is 2. The number of ether oxygens (including phenoxy) is 1. The minimum absolute atomic E-state index is 0.325. The van der Waals surface area contributed by atoms with Crippen molar-refractivity contribution in [3.63, 3.8) is 0 Å². The Kier molecular flexibility index (Phi) is 3.02. The predicted octanol–water partition coefficient (Wildman–Crippen LogP) is 2.82. The van der Waals surface area contributed by atoms with Gasteiger partial charge in [-0.05, 0) is 37.2 Å². The Hall–Kier alpha value is -1.09. The molecule has 0 amide bonds. The zero-order valence-corrected chi connectivity index (χ0v) is 11.1. The van der Waals surface area contributed by atoms with Crippen LogP contribution in [0.25, 0.3) is 0 Å². The summed E-state index contributed by atoms with van der Waals surface area (Å²) in [5.41, 5.74) is 2.56. The molecule has 2 heterocycles. The number of Topliss-reactive ketones (excluding diaryl/α,β-unsaturated/α-hetero) is 1. The quantitative estimate of drug-likeness (QED) is 0.804. The molecule has 2 aliphatic rings. The number of carbonyl (C=O) groups is 1. The highest BCUT2D eigenvalue weighted by atomic mass is 16.5. The van der Waals surface area contributed by atoms with Gasteiger partial charge in [-0.2, -0.15) is 0 Å². The molecule has 0 unspecified atom stereocenters. The van der Waals surface area contributed by atoms with Crippen LogP contribution < -0.4 is 0 Å². The Morgan fingerprint density at radius 1 is 1.33 bits per heavy atom. The number of hydrogen-bond donors (Lipinski definition) is 0. The molecule has 98 valence electrons. The van der Waals surface area contributed by atoms with E-state index >= 15 is 0 Å². The van der Waals surface area contributed by atoms with Crippen molar-refractivity contribution in [3.05, 3.63) is 23.5 Å². The van der Waals surface area contributed by atoms with Gasteiger partial charge in [0.25, 0.3) is 0 Å². The van der Waals surface area contributed by atoms with Crippen molar-refractivity contribution in [1.29, 1.82) is 0 Å². The number of aromatic nitrogens is 1. The molecule has 0 saturated carbocycles. The van der Waals surface area contributed by atoms with E-state index in [2.05, 4.69) is 17.7 Å². The van der Waals surface area contributed by atoms with Gasteiger partial charge in [0.05, 0.1) is 0 Å². The first-order valence-electron chi connectivity index (χ1n) is 6.97. The van der Waals surface area contributed by atoms with Crippen molar-refractivity contribution in [2.75, 3.05) is 13.2 Å². The lowest BCUT2D eigenvalue weighted by atomic mass is 9.82. The summed E-state index contributed by atoms with van der Waals surface area (Å²) in [6, 6.07) is 2.01. The van der Waals surface area contributed by atoms with Crippen LogP contribution in [0.1, 0.15) is 48.7 Å². The van der Waals surface area contributed by atoms with Crippen molar-refractivity contribution in [2.45, 2.75) is 45.6 Å². The fraction of sp³-hybridized carbons (Fsp3) is 0.667. The average Bonchev–Trinajstić information content (AvgIpc) is 2.74. The minimum atomic E-state index is 0.325. The molecular weight excluding hydrogens is 226 g/mol. The van der Waals surface area contributed by atoms with Gasteiger partial charge in [-0.25, -0.2) is 0 Å². The fourth-order valence-electron chi connectivity index (χ4n) is 3.17. The van der Waals surface area contributed by atoms with Crippen LogP contribution >= 0.6 is 0 Å². The summed E-state index contributed by atoms with van der Waals surface area (Å²) in [5.74, 6) is 0.326. The molecule has 3 rings (SSSR count). The van der Waals surface area contributed by atoms with Crippen LogP contribution in [0.5, 0.6) is 0 Å². The first-order chi connectivity index (χ1) is 8.68. The van der Waals surface area contributed by atoms with Crippen LogP contribution in [-0.4, -0.2) is 23.6 Å². The second kappa shape index (κ2) is 4.54. The molecule has 0 radical (unpaired) electrons. The minimum Gasteiger partial charge on any atom is -0.381 e. The van der Waals surface area contributed by atoms with Crippen LogP contribution in [0.15, 0.2) is 12.3 Å². The molecule has 1 aromatic rings. The average molecular weight is 247 g/mol. The number of rotatable bonds is 2. The van der Waals surface area contributed by atoms with E-state index in [1.807, 2.05) is 6.07 Å². The predicted molar refractivity (Wildman–Crippen MR) is 69.9 cm³/mol. The van der Waals surface area contributed by atoms with E-state index in [9.17, 15) is 4.79 Å². The maximum Gasteiger partial charge on any atom is 0.164 e. The summed E-state index contributed by atoms with van der Waals surface area (Å²) >= 11 is 0. The van der Waals surface area contributed by atoms with Crippen LogP contribution in [-0.2, 0) is 17.7 Å². The van der Waals surface area contributed by atoms with Gasteiger partial charge < -0.3 is 9.30 Å². The molecule has 18 heavy (non-hydrogen) atoms. The number of nitrogens with zero attached hydrogens (tertiary/aromatic N) is 1. The second-order valence-corrected chi connectivity index (χ2v) is 6.00. The Bertz CT molecular complexity index is 455. The molecule has 1 fully saturated rings. The van der Waals surface area contributed by atoms with E-state index in [1.165, 1.54) is 5.69 Å². The van der Waals surface area contributed by atoms with Gasteiger partial charge in [-0.15, -0.1) is 0 Å². The normalized spacial score (nSPS) is 22.8. The smallest absolute Gasteiger partial charge is 0.164 e. The Labute approximate surface area is 108 Å². The summed E-state index contributed by atoms with van der Waals surface area (Å²) < 4.78 is 7.77. The zero-order chi connectivity index (χ0) is 12.6. The zero-order valence-electron chi connectivity index (χ0n) is 11.1. The van der Waals surface area contributed by atoms with Gasteiger partial charge >= 0.3 is 0 Å². The van der Waals surface area contributed by atoms with Gasteiger partial charge in [0, 0.05) is 43.6 Å². The molecule has 3 nitrogen and oxygen atoms in total. The lowest BCUT2D eigenvalue weighted by Gasteiger charge is -2.34. The molecule has 1 aliphatic heterocycles. The van der Waals surface area contributed by atoms with Crippen molar-refractivity contribution < 1.29 is 9.53 Å². The lowest BCUT2D eigenvalue weighted by Crippen LogP contribution is -2.31. The molecule has 1 aromatic heterocycles. The first kappa shape index (κ1) is 12.0. The van der Waals surface area contributed by atoms with Gasteiger partial charge in [-0.1, -0.05) is 6.92 Å². The van der Waals surface area contributed by atoms with Crippen LogP contribution in [0.4, 0.5) is 0 Å². The summed E-state index contributed by atoms with van der Waals surface area (Å²) in [6.07, 6.45) is 7.13. The monoisotopic (exact) mass is 247 g/mol. The van der Waals surface area contributed by atoms with Gasteiger partial charge in [0.15, 0.2) is 5.78 Å². The maximum absolute atomic E-state index is 11.8. The van der Waals surface area contributed by atoms with Crippen molar-refractivity contribution in [2.24, 2.45) is 5.41 Å². The van der Waals surface area contributed by atoms with Crippen LogP contribution in [0.2, 0.25) is 0 Å². The third-order valence-corrected chi connectivity index (χ3v) is 4.45. The first-order valence-corrected chi connectivity index (χ1v) is 6.97. The van der Waals surface area contributed by atoms with E-state index in [0.29, 0.717) is 11.2 Å². The molecular formula is C15H21NO2. The van der Waals surface area contributed by atoms with Crippen molar-refractivity contribution in [1.82, 2.24) is 4.57 Å². The fourth-order valence-corrected chi connectivity index (χ4v) is 3.17. The number of ketones is 1. The molecule has 0 atom stereocenters. The summed E-state index contributed by atoms with van der Waals surface area (Å²) in [7, 11) is 0. The molecule has 0 spiro atoms. The molecule has 0 bridgehead atoms. The van der Waals surface area contributed by atoms with Gasteiger partial charge in [-0.3, -0.25) is 4.79 Å². The summed E-state index contributed by atoms with van der Waals surface area (Å²) in [4.78, 5) is 11.8. The molecule has 0 aromatic carbocycles. The Morgan fingerprint density at radius 2 is 2.11 bits per heavy atom. The topological polar surface area (TPSA) is 31.2 Å². The van der Waals surface area contributed by atoms with E-state index in [-0.39, 0.29) is 0 Å². The van der Waals surface area contributed by atoms with Crippen LogP contribution in [0.3, 0.4) is 0 Å². The highest BCUT2D eigenvalue weighted by Gasteiger charge is 2.29.